The molecule has 0 saturated heterocycles. The topological polar surface area (TPSA) is 50.7 Å². The van der Waals surface area contributed by atoms with Gasteiger partial charge < -0.3 is 5.32 Å². The molecular weight excluding hydrogens is 323 g/mol. The number of nitrogens with zero attached hydrogens (tertiary/aromatic N) is 3. The van der Waals surface area contributed by atoms with E-state index < -0.39 is 0 Å². The van der Waals surface area contributed by atoms with Crippen LogP contribution in [-0.2, 0) is 6.54 Å². The summed E-state index contributed by atoms with van der Waals surface area (Å²) in [6, 6.07) is 0. The number of hydrogen-bond donors (Lipinski definition) is 1. The first kappa shape index (κ1) is 10.7. The highest BCUT2D eigenvalue weighted by atomic mass is 127. The van der Waals surface area contributed by atoms with Gasteiger partial charge in [-0.2, -0.15) is 0 Å². The summed E-state index contributed by atoms with van der Waals surface area (Å²) < 4.78 is 1.03. The maximum atomic E-state index is 4.20. The van der Waals surface area contributed by atoms with Crippen molar-refractivity contribution in [2.75, 3.05) is 5.32 Å². The monoisotopic (exact) mass is 332 g/mol. The van der Waals surface area contributed by atoms with E-state index in [1.807, 2.05) is 12.4 Å². The van der Waals surface area contributed by atoms with Gasteiger partial charge in [0.2, 0.25) is 0 Å². The van der Waals surface area contributed by atoms with Gasteiger partial charge in [-0.15, -0.1) is 11.3 Å². The van der Waals surface area contributed by atoms with Crippen LogP contribution in [0, 0.1) is 10.5 Å². The van der Waals surface area contributed by atoms with Crippen LogP contribution in [-0.4, -0.2) is 15.0 Å². The second kappa shape index (κ2) is 4.84. The normalized spacial score (nSPS) is 10.3. The predicted molar refractivity (Wildman–Crippen MR) is 68.9 cm³/mol. The summed E-state index contributed by atoms with van der Waals surface area (Å²) >= 11 is 3.87. The molecule has 0 unspecified atom stereocenters. The van der Waals surface area contributed by atoms with Gasteiger partial charge in [0.05, 0.1) is 21.3 Å². The molecule has 1 N–H and O–H groups in total. The average molecular weight is 332 g/mol. The van der Waals surface area contributed by atoms with Crippen molar-refractivity contribution in [2.45, 2.75) is 13.5 Å². The second-order valence-electron chi connectivity index (χ2n) is 2.93. The average Bonchev–Trinajstić information content (AvgIpc) is 2.63. The molecule has 0 aromatic carbocycles. The van der Waals surface area contributed by atoms with Gasteiger partial charge >= 0.3 is 0 Å². The van der Waals surface area contributed by atoms with Crippen molar-refractivity contribution >= 4 is 39.7 Å². The van der Waals surface area contributed by atoms with E-state index in [9.17, 15) is 0 Å². The van der Waals surface area contributed by atoms with E-state index in [1.54, 1.807) is 23.9 Å². The largest absolute Gasteiger partial charge is 0.364 e. The number of nitrogens with one attached hydrogen (secondary N) is 1. The molecule has 4 nitrogen and oxygen atoms in total. The molecule has 2 rings (SSSR count). The maximum Gasteiger partial charge on any atom is 0.143 e. The Morgan fingerprint density at radius 1 is 1.47 bits per heavy atom. The van der Waals surface area contributed by atoms with E-state index in [2.05, 4.69) is 42.9 Å². The van der Waals surface area contributed by atoms with Crippen LogP contribution in [0.5, 0.6) is 0 Å². The molecule has 0 fully saturated rings. The van der Waals surface area contributed by atoms with E-state index >= 15 is 0 Å². The lowest BCUT2D eigenvalue weighted by Gasteiger charge is -2.05. The first-order valence-electron chi connectivity index (χ1n) is 4.35. The summed E-state index contributed by atoms with van der Waals surface area (Å²) in [4.78, 5) is 13.5. The molecule has 2 heterocycles. The third-order valence-corrected chi connectivity index (χ3v) is 3.65. The van der Waals surface area contributed by atoms with Gasteiger partial charge in [-0.3, -0.25) is 0 Å². The number of anilines is 1. The molecule has 0 aliphatic rings. The molecule has 78 valence electrons. The van der Waals surface area contributed by atoms with E-state index in [-0.39, 0.29) is 0 Å². The molecule has 0 aliphatic carbocycles. The van der Waals surface area contributed by atoms with Crippen molar-refractivity contribution in [2.24, 2.45) is 0 Å². The smallest absolute Gasteiger partial charge is 0.143 e. The minimum Gasteiger partial charge on any atom is -0.364 e. The molecule has 6 heteroatoms. The van der Waals surface area contributed by atoms with Gasteiger partial charge in [0.1, 0.15) is 12.1 Å². The Labute approximate surface area is 105 Å². The Morgan fingerprint density at radius 2 is 2.33 bits per heavy atom. The Hall–Kier alpha value is -0.760. The van der Waals surface area contributed by atoms with Crippen LogP contribution < -0.4 is 5.32 Å². The molecule has 0 aliphatic heterocycles. The van der Waals surface area contributed by atoms with Gasteiger partial charge in [-0.05, 0) is 29.5 Å². The lowest BCUT2D eigenvalue weighted by atomic mass is 10.4. The highest BCUT2D eigenvalue weighted by Gasteiger charge is 2.03. The number of rotatable bonds is 3. The minimum atomic E-state index is 0.767. The summed E-state index contributed by atoms with van der Waals surface area (Å²) in [7, 11) is 0. The first-order chi connectivity index (χ1) is 7.27. The first-order valence-corrected chi connectivity index (χ1v) is 6.31. The highest BCUT2D eigenvalue weighted by molar-refractivity contribution is 14.1. The fraction of sp³-hybridized carbons (Fsp3) is 0.222. The third kappa shape index (κ3) is 2.63. The number of aromatic nitrogens is 3. The zero-order chi connectivity index (χ0) is 10.7. The lowest BCUT2D eigenvalue weighted by molar-refractivity contribution is 1.06. The fourth-order valence-electron chi connectivity index (χ4n) is 1.10. The van der Waals surface area contributed by atoms with Crippen molar-refractivity contribution in [3.8, 4) is 0 Å². The van der Waals surface area contributed by atoms with Crippen molar-refractivity contribution < 1.29 is 0 Å². The molecule has 0 amide bonds. The van der Waals surface area contributed by atoms with Gasteiger partial charge in [-0.1, -0.05) is 0 Å². The number of aryl methyl sites for hydroxylation is 1. The molecule has 2 aromatic heterocycles. The Balaban J connectivity index is 2.06. The Kier molecular flexibility index (Phi) is 3.47. The summed E-state index contributed by atoms with van der Waals surface area (Å²) in [5.74, 6) is 0.874. The van der Waals surface area contributed by atoms with E-state index in [4.69, 9.17) is 0 Å². The van der Waals surface area contributed by atoms with Crippen molar-refractivity contribution in [3.05, 3.63) is 32.2 Å². The summed E-state index contributed by atoms with van der Waals surface area (Å²) in [6.45, 7) is 2.78. The van der Waals surface area contributed by atoms with Crippen LogP contribution in [0.15, 0.2) is 18.0 Å². The van der Waals surface area contributed by atoms with Crippen LogP contribution in [0.3, 0.4) is 0 Å². The fourth-order valence-corrected chi connectivity index (χ4v) is 2.31. The van der Waals surface area contributed by atoms with Crippen molar-refractivity contribution in [1.82, 2.24) is 15.0 Å². The second-order valence-corrected chi connectivity index (χ2v) is 5.04. The molecule has 0 saturated carbocycles. The molecule has 0 spiro atoms. The standard InChI is InChI=1S/C9H9IN4S/c1-6-8(15-5-14-6)3-12-9-7(10)2-11-4-13-9/h2,4-5H,3H2,1H3,(H,11,12,13). The zero-order valence-corrected chi connectivity index (χ0v) is 11.0. The Bertz CT molecular complexity index is 457. The third-order valence-electron chi connectivity index (χ3n) is 1.93. The molecular formula is C9H9IN4S. The summed E-state index contributed by atoms with van der Waals surface area (Å²) in [5.41, 5.74) is 2.94. The zero-order valence-electron chi connectivity index (χ0n) is 8.07. The van der Waals surface area contributed by atoms with Crippen molar-refractivity contribution in [1.29, 1.82) is 0 Å². The highest BCUT2D eigenvalue weighted by Crippen LogP contribution is 2.17. The van der Waals surface area contributed by atoms with Crippen LogP contribution in [0.1, 0.15) is 10.6 Å². The van der Waals surface area contributed by atoms with Crippen LogP contribution in [0.4, 0.5) is 5.82 Å². The van der Waals surface area contributed by atoms with Crippen LogP contribution in [0.25, 0.3) is 0 Å². The van der Waals surface area contributed by atoms with E-state index in [0.29, 0.717) is 0 Å². The van der Waals surface area contributed by atoms with E-state index in [0.717, 1.165) is 21.6 Å². The predicted octanol–water partition coefficient (Wildman–Crippen LogP) is 2.46. The number of thiazole rings is 1. The molecule has 0 radical (unpaired) electrons. The molecule has 0 atom stereocenters. The van der Waals surface area contributed by atoms with Gasteiger partial charge in [0.15, 0.2) is 0 Å². The molecule has 2 aromatic rings. The number of halogens is 1. The lowest BCUT2D eigenvalue weighted by Crippen LogP contribution is -2.03. The SMILES string of the molecule is Cc1ncsc1CNc1ncncc1I. The maximum absolute atomic E-state index is 4.20. The number of hydrogen-bond acceptors (Lipinski definition) is 5. The minimum absolute atomic E-state index is 0.767. The Morgan fingerprint density at radius 3 is 3.00 bits per heavy atom. The van der Waals surface area contributed by atoms with Gasteiger partial charge in [-0.25, -0.2) is 15.0 Å². The summed E-state index contributed by atoms with van der Waals surface area (Å²) in [5, 5.41) is 3.27. The molecule has 15 heavy (non-hydrogen) atoms. The van der Waals surface area contributed by atoms with Crippen LogP contribution >= 0.6 is 33.9 Å². The van der Waals surface area contributed by atoms with Gasteiger partial charge in [0, 0.05) is 11.1 Å². The van der Waals surface area contributed by atoms with Crippen molar-refractivity contribution in [3.63, 3.8) is 0 Å². The summed E-state index contributed by atoms with van der Waals surface area (Å²) in [6.07, 6.45) is 3.33. The van der Waals surface area contributed by atoms with Crippen LogP contribution in [0.2, 0.25) is 0 Å². The quantitative estimate of drug-likeness (QED) is 0.878. The van der Waals surface area contributed by atoms with E-state index in [1.165, 1.54) is 4.88 Å². The van der Waals surface area contributed by atoms with Gasteiger partial charge in [0.25, 0.3) is 0 Å². The molecule has 0 bridgehead atoms.